The summed E-state index contributed by atoms with van der Waals surface area (Å²) < 4.78 is 6.64. The number of rotatable bonds is 11. The van der Waals surface area contributed by atoms with Gasteiger partial charge in [-0.25, -0.2) is 0 Å². The maximum Gasteiger partial charge on any atom is 0.304 e. The summed E-state index contributed by atoms with van der Waals surface area (Å²) in [6, 6.07) is 5.53. The summed E-state index contributed by atoms with van der Waals surface area (Å²) in [6.07, 6.45) is 0.406. The minimum absolute atomic E-state index is 0.0606. The van der Waals surface area contributed by atoms with E-state index in [4.69, 9.17) is 27.2 Å². The third kappa shape index (κ3) is 7.14. The lowest BCUT2D eigenvalue weighted by Gasteiger charge is -2.25. The molecule has 1 rings (SSSR count). The lowest BCUT2D eigenvalue weighted by Crippen LogP contribution is -2.28. The van der Waals surface area contributed by atoms with Gasteiger partial charge in [0, 0.05) is 35.1 Å². The Morgan fingerprint density at radius 3 is 2.78 bits per heavy atom. The Hall–Kier alpha value is -0.730. The number of alkyl halides is 2. The summed E-state index contributed by atoms with van der Waals surface area (Å²) in [5, 5.41) is 8.88. The van der Waals surface area contributed by atoms with Gasteiger partial charge in [-0.2, -0.15) is 0 Å². The standard InChI is InChI=1S/C16H24ClIN2O3/c1-2-23-15-4-3-14(20(7-5-17)8-6-18)10-12(15)9-13(19)11-16(21)22/h3-4,10,13H,2,5-9,11,19H2,1H3,(H,21,22)/t13-/m0/s1. The predicted octanol–water partition coefficient (Wildman–Crippen LogP) is 2.91. The first-order valence-electron chi connectivity index (χ1n) is 7.61. The largest absolute Gasteiger partial charge is 0.494 e. The maximum absolute atomic E-state index is 10.8. The fourth-order valence-electron chi connectivity index (χ4n) is 2.37. The van der Waals surface area contributed by atoms with Gasteiger partial charge < -0.3 is 20.5 Å². The molecular formula is C16H24ClIN2O3. The number of anilines is 1. The van der Waals surface area contributed by atoms with Crippen molar-refractivity contribution in [3.63, 3.8) is 0 Å². The molecule has 0 radical (unpaired) electrons. The molecule has 1 aromatic carbocycles. The number of carboxylic acids is 1. The highest BCUT2D eigenvalue weighted by Gasteiger charge is 2.15. The Morgan fingerprint density at radius 1 is 1.48 bits per heavy atom. The van der Waals surface area contributed by atoms with E-state index in [-0.39, 0.29) is 6.42 Å². The first-order chi connectivity index (χ1) is 11.0. The molecule has 0 aliphatic heterocycles. The van der Waals surface area contributed by atoms with Crippen molar-refractivity contribution in [1.29, 1.82) is 0 Å². The quantitative estimate of drug-likeness (QED) is 0.397. The smallest absolute Gasteiger partial charge is 0.304 e. The van der Waals surface area contributed by atoms with E-state index >= 15 is 0 Å². The molecule has 7 heteroatoms. The van der Waals surface area contributed by atoms with Crippen LogP contribution in [0, 0.1) is 0 Å². The molecule has 0 amide bonds. The van der Waals surface area contributed by atoms with Gasteiger partial charge in [0.1, 0.15) is 5.75 Å². The zero-order valence-corrected chi connectivity index (χ0v) is 16.2. The van der Waals surface area contributed by atoms with Gasteiger partial charge in [-0.1, -0.05) is 22.6 Å². The minimum Gasteiger partial charge on any atom is -0.494 e. The van der Waals surface area contributed by atoms with Crippen molar-refractivity contribution >= 4 is 45.8 Å². The molecule has 0 saturated heterocycles. The van der Waals surface area contributed by atoms with Crippen molar-refractivity contribution in [3.05, 3.63) is 23.8 Å². The van der Waals surface area contributed by atoms with E-state index in [2.05, 4.69) is 27.5 Å². The van der Waals surface area contributed by atoms with Crippen LogP contribution in [-0.4, -0.2) is 47.1 Å². The second-order valence-electron chi connectivity index (χ2n) is 5.15. The van der Waals surface area contributed by atoms with Gasteiger partial charge in [0.2, 0.25) is 0 Å². The van der Waals surface area contributed by atoms with Crippen LogP contribution in [0.3, 0.4) is 0 Å². The van der Waals surface area contributed by atoms with E-state index < -0.39 is 12.0 Å². The van der Waals surface area contributed by atoms with Crippen molar-refractivity contribution in [2.45, 2.75) is 25.8 Å². The Bertz CT molecular complexity index is 496. The first-order valence-corrected chi connectivity index (χ1v) is 9.67. The molecule has 5 nitrogen and oxygen atoms in total. The first kappa shape index (κ1) is 20.3. The van der Waals surface area contributed by atoms with Crippen molar-refractivity contribution < 1.29 is 14.6 Å². The van der Waals surface area contributed by atoms with E-state index in [0.717, 1.165) is 34.5 Å². The van der Waals surface area contributed by atoms with Gasteiger partial charge in [0.05, 0.1) is 13.0 Å². The highest BCUT2D eigenvalue weighted by Crippen LogP contribution is 2.27. The van der Waals surface area contributed by atoms with E-state index in [0.29, 0.717) is 18.9 Å². The summed E-state index contributed by atoms with van der Waals surface area (Å²) >= 11 is 8.23. The van der Waals surface area contributed by atoms with Gasteiger partial charge in [0.15, 0.2) is 0 Å². The van der Waals surface area contributed by atoms with Gasteiger partial charge in [0.25, 0.3) is 0 Å². The van der Waals surface area contributed by atoms with Gasteiger partial charge in [-0.3, -0.25) is 4.79 Å². The van der Waals surface area contributed by atoms with Crippen molar-refractivity contribution in [2.24, 2.45) is 5.73 Å². The highest BCUT2D eigenvalue weighted by atomic mass is 127. The molecule has 23 heavy (non-hydrogen) atoms. The van der Waals surface area contributed by atoms with E-state index in [9.17, 15) is 4.79 Å². The number of ether oxygens (including phenoxy) is 1. The molecular weight excluding hydrogens is 431 g/mol. The van der Waals surface area contributed by atoms with Crippen LogP contribution < -0.4 is 15.4 Å². The minimum atomic E-state index is -0.889. The fraction of sp³-hybridized carbons (Fsp3) is 0.562. The number of nitrogens with zero attached hydrogens (tertiary/aromatic N) is 1. The van der Waals surface area contributed by atoms with Crippen LogP contribution in [0.15, 0.2) is 18.2 Å². The number of halogens is 2. The number of hydrogen-bond acceptors (Lipinski definition) is 4. The molecule has 130 valence electrons. The molecule has 0 aliphatic rings. The molecule has 0 saturated carbocycles. The maximum atomic E-state index is 10.8. The second kappa shape index (κ2) is 10.9. The van der Waals surface area contributed by atoms with Crippen molar-refractivity contribution in [3.8, 4) is 5.75 Å². The van der Waals surface area contributed by atoms with Crippen LogP contribution >= 0.6 is 34.2 Å². The van der Waals surface area contributed by atoms with E-state index in [1.54, 1.807) is 0 Å². The summed E-state index contributed by atoms with van der Waals surface area (Å²) in [5.74, 6) is 0.426. The zero-order valence-electron chi connectivity index (χ0n) is 13.3. The van der Waals surface area contributed by atoms with Crippen LogP contribution in [-0.2, 0) is 11.2 Å². The molecule has 0 unspecified atom stereocenters. The Morgan fingerprint density at radius 2 is 2.22 bits per heavy atom. The number of carboxylic acid groups (broad SMARTS) is 1. The van der Waals surface area contributed by atoms with Gasteiger partial charge in [-0.05, 0) is 37.1 Å². The van der Waals surface area contributed by atoms with E-state index in [1.807, 2.05) is 25.1 Å². The monoisotopic (exact) mass is 454 g/mol. The third-order valence-electron chi connectivity index (χ3n) is 3.34. The fourth-order valence-corrected chi connectivity index (χ4v) is 3.16. The number of benzene rings is 1. The predicted molar refractivity (Wildman–Crippen MR) is 103 cm³/mol. The Labute approximate surface area is 156 Å². The number of aliphatic carboxylic acids is 1. The molecule has 1 aromatic rings. The molecule has 1 atom stereocenters. The van der Waals surface area contributed by atoms with E-state index in [1.165, 1.54) is 0 Å². The molecule has 0 fully saturated rings. The number of nitrogens with two attached hydrogens (primary N) is 1. The van der Waals surface area contributed by atoms with Crippen LogP contribution in [0.25, 0.3) is 0 Å². The van der Waals surface area contributed by atoms with Gasteiger partial charge in [-0.15, -0.1) is 11.6 Å². The van der Waals surface area contributed by atoms with Crippen LogP contribution in [0.4, 0.5) is 5.69 Å². The van der Waals surface area contributed by atoms with Crippen molar-refractivity contribution in [1.82, 2.24) is 0 Å². The number of carbonyl (C=O) groups is 1. The molecule has 0 heterocycles. The topological polar surface area (TPSA) is 75.8 Å². The molecule has 3 N–H and O–H groups in total. The van der Waals surface area contributed by atoms with Crippen molar-refractivity contribution in [2.75, 3.05) is 34.9 Å². The molecule has 0 bridgehead atoms. The Balaban J connectivity index is 3.02. The van der Waals surface area contributed by atoms with Crippen LogP contribution in [0.5, 0.6) is 5.75 Å². The van der Waals surface area contributed by atoms with Gasteiger partial charge >= 0.3 is 5.97 Å². The van der Waals surface area contributed by atoms with Crippen LogP contribution in [0.1, 0.15) is 18.9 Å². The average molecular weight is 455 g/mol. The molecule has 0 aliphatic carbocycles. The molecule has 0 aromatic heterocycles. The normalized spacial score (nSPS) is 12.0. The summed E-state index contributed by atoms with van der Waals surface area (Å²) in [4.78, 5) is 13.0. The zero-order chi connectivity index (χ0) is 17.2. The Kier molecular flexibility index (Phi) is 9.66. The summed E-state index contributed by atoms with van der Waals surface area (Å²) in [6.45, 7) is 4.14. The summed E-state index contributed by atoms with van der Waals surface area (Å²) in [7, 11) is 0. The number of hydrogen-bond donors (Lipinski definition) is 2. The average Bonchev–Trinajstić information content (AvgIpc) is 2.48. The summed E-state index contributed by atoms with van der Waals surface area (Å²) in [5.41, 5.74) is 7.94. The highest BCUT2D eigenvalue weighted by molar-refractivity contribution is 14.1. The SMILES string of the molecule is CCOc1ccc(N(CCCl)CCI)cc1C[C@H](N)CC(=O)O. The second-order valence-corrected chi connectivity index (χ2v) is 6.61. The molecule has 0 spiro atoms. The third-order valence-corrected chi connectivity index (χ3v) is 3.99. The van der Waals surface area contributed by atoms with Crippen LogP contribution in [0.2, 0.25) is 0 Å². The lowest BCUT2D eigenvalue weighted by molar-refractivity contribution is -0.137. The lowest BCUT2D eigenvalue weighted by atomic mass is 10.0.